The lowest BCUT2D eigenvalue weighted by molar-refractivity contribution is -0.274. The first-order valence-electron chi connectivity index (χ1n) is 3.62. The summed E-state index contributed by atoms with van der Waals surface area (Å²) in [6.45, 7) is 0. The molecule has 0 fully saturated rings. The van der Waals surface area contributed by atoms with E-state index in [9.17, 15) is 22.8 Å². The minimum Gasteiger partial charge on any atom is -0.476 e. The Balaban J connectivity index is 3.36. The number of aromatic amines is 1. The van der Waals surface area contributed by atoms with Crippen LogP contribution in [0.4, 0.5) is 13.2 Å². The summed E-state index contributed by atoms with van der Waals surface area (Å²) in [7, 11) is 0. The minimum absolute atomic E-state index is 0.578. The van der Waals surface area contributed by atoms with Crippen molar-refractivity contribution in [1.82, 2.24) is 4.98 Å². The number of alkyl halides is 3. The molecule has 0 aliphatic carbocycles. The fraction of sp³-hybridized carbons (Fsp3) is 0.143. The number of rotatable bonds is 2. The number of carbonyl (C=O) groups is 1. The van der Waals surface area contributed by atoms with E-state index < -0.39 is 34.4 Å². The largest absolute Gasteiger partial charge is 0.573 e. The molecular formula is C7H3ClF3NO4. The summed E-state index contributed by atoms with van der Waals surface area (Å²) in [5, 5.41) is 7.80. The molecule has 0 unspecified atom stereocenters. The fourth-order valence-electron chi connectivity index (χ4n) is 0.882. The zero-order chi connectivity index (χ0) is 12.5. The zero-order valence-corrected chi connectivity index (χ0v) is 8.02. The van der Waals surface area contributed by atoms with Crippen LogP contribution >= 0.6 is 11.6 Å². The number of aromatic nitrogens is 1. The summed E-state index contributed by atoms with van der Waals surface area (Å²) in [5.74, 6) is -2.94. The smallest absolute Gasteiger partial charge is 0.476 e. The molecule has 0 radical (unpaired) electrons. The Hall–Kier alpha value is -1.70. The molecule has 0 aromatic carbocycles. The van der Waals surface area contributed by atoms with Gasteiger partial charge in [0.25, 0.3) is 0 Å². The summed E-state index contributed by atoms with van der Waals surface area (Å²) in [6.07, 6.45) is -5.11. The van der Waals surface area contributed by atoms with Crippen molar-refractivity contribution in [2.75, 3.05) is 0 Å². The van der Waals surface area contributed by atoms with Crippen molar-refractivity contribution in [1.29, 1.82) is 0 Å². The van der Waals surface area contributed by atoms with Gasteiger partial charge in [0.05, 0.1) is 5.02 Å². The molecule has 0 aliphatic heterocycles. The van der Waals surface area contributed by atoms with E-state index in [0.717, 1.165) is 0 Å². The predicted molar refractivity (Wildman–Crippen MR) is 45.7 cm³/mol. The van der Waals surface area contributed by atoms with Gasteiger partial charge in [-0.2, -0.15) is 0 Å². The Bertz CT molecular complexity index is 482. The molecule has 9 heteroatoms. The molecule has 5 nitrogen and oxygen atoms in total. The molecule has 1 aromatic heterocycles. The van der Waals surface area contributed by atoms with Crippen LogP contribution in [0.2, 0.25) is 5.02 Å². The third kappa shape index (κ3) is 2.89. The topological polar surface area (TPSA) is 79.4 Å². The van der Waals surface area contributed by atoms with Crippen molar-refractivity contribution >= 4 is 17.6 Å². The quantitative estimate of drug-likeness (QED) is 0.844. The Morgan fingerprint density at radius 2 is 2.06 bits per heavy atom. The molecule has 0 aliphatic rings. The number of pyridine rings is 1. The third-order valence-electron chi connectivity index (χ3n) is 1.38. The standard InChI is InChI=1S/C7H3ClF3NO4/c8-2-1-3(13)12-4(6(14)15)5(2)16-7(9,10)11/h1H,(H,12,13)(H,14,15). The molecule has 16 heavy (non-hydrogen) atoms. The highest BCUT2D eigenvalue weighted by atomic mass is 35.5. The molecule has 0 spiro atoms. The van der Waals surface area contributed by atoms with Crippen LogP contribution in [0.15, 0.2) is 10.9 Å². The molecule has 0 saturated carbocycles. The van der Waals surface area contributed by atoms with Crippen LogP contribution in [0, 0.1) is 0 Å². The second-order valence-electron chi connectivity index (χ2n) is 2.54. The van der Waals surface area contributed by atoms with Gasteiger partial charge in [-0.1, -0.05) is 11.6 Å². The minimum atomic E-state index is -5.11. The number of nitrogens with one attached hydrogen (secondary N) is 1. The maximum Gasteiger partial charge on any atom is 0.573 e. The van der Waals surface area contributed by atoms with Crippen molar-refractivity contribution in [2.24, 2.45) is 0 Å². The number of carboxylic acids is 1. The molecule has 1 heterocycles. The molecule has 0 atom stereocenters. The van der Waals surface area contributed by atoms with Crippen molar-refractivity contribution < 1.29 is 27.8 Å². The second-order valence-corrected chi connectivity index (χ2v) is 2.95. The molecule has 0 bridgehead atoms. The normalized spacial score (nSPS) is 11.2. The fourth-order valence-corrected chi connectivity index (χ4v) is 1.11. The highest BCUT2D eigenvalue weighted by molar-refractivity contribution is 6.32. The Morgan fingerprint density at radius 1 is 1.50 bits per heavy atom. The van der Waals surface area contributed by atoms with Gasteiger partial charge < -0.3 is 14.8 Å². The van der Waals surface area contributed by atoms with Gasteiger partial charge in [-0.05, 0) is 0 Å². The molecule has 2 N–H and O–H groups in total. The average Bonchev–Trinajstić information content (AvgIpc) is 2.07. The van der Waals surface area contributed by atoms with Gasteiger partial charge in [0.15, 0.2) is 11.4 Å². The first-order chi connectivity index (χ1) is 7.20. The van der Waals surface area contributed by atoms with E-state index in [2.05, 4.69) is 4.74 Å². The highest BCUT2D eigenvalue weighted by Gasteiger charge is 2.34. The van der Waals surface area contributed by atoms with Crippen molar-refractivity contribution in [3.63, 3.8) is 0 Å². The SMILES string of the molecule is O=C(O)c1[nH]c(=O)cc(Cl)c1OC(F)(F)F. The van der Waals surface area contributed by atoms with E-state index in [4.69, 9.17) is 16.7 Å². The first kappa shape index (κ1) is 12.4. The van der Waals surface area contributed by atoms with Crippen molar-refractivity contribution in [2.45, 2.75) is 6.36 Å². The van der Waals surface area contributed by atoms with Crippen molar-refractivity contribution in [3.8, 4) is 5.75 Å². The maximum absolute atomic E-state index is 11.9. The Morgan fingerprint density at radius 3 is 2.50 bits per heavy atom. The monoisotopic (exact) mass is 257 g/mol. The summed E-state index contributed by atoms with van der Waals surface area (Å²) >= 11 is 5.28. The van der Waals surface area contributed by atoms with Crippen LogP contribution in [-0.2, 0) is 0 Å². The van der Waals surface area contributed by atoms with Gasteiger partial charge >= 0.3 is 12.3 Å². The summed E-state index contributed by atoms with van der Waals surface area (Å²) in [4.78, 5) is 23.0. The number of halogens is 4. The van der Waals surface area contributed by atoms with E-state index in [0.29, 0.717) is 6.07 Å². The number of ether oxygens (including phenoxy) is 1. The number of hydrogen-bond acceptors (Lipinski definition) is 3. The van der Waals surface area contributed by atoms with Gasteiger partial charge in [0, 0.05) is 6.07 Å². The zero-order valence-electron chi connectivity index (χ0n) is 7.26. The van der Waals surface area contributed by atoms with Crippen LogP contribution < -0.4 is 10.3 Å². The highest BCUT2D eigenvalue weighted by Crippen LogP contribution is 2.31. The third-order valence-corrected chi connectivity index (χ3v) is 1.66. The predicted octanol–water partition coefficient (Wildman–Crippen LogP) is 1.63. The summed E-state index contributed by atoms with van der Waals surface area (Å²) in [5.41, 5.74) is -2.01. The van der Waals surface area contributed by atoms with Gasteiger partial charge in [-0.3, -0.25) is 4.79 Å². The van der Waals surface area contributed by atoms with Crippen LogP contribution in [0.25, 0.3) is 0 Å². The van der Waals surface area contributed by atoms with Crippen LogP contribution in [0.5, 0.6) is 5.75 Å². The molecule has 0 saturated heterocycles. The number of H-pyrrole nitrogens is 1. The average molecular weight is 258 g/mol. The van der Waals surface area contributed by atoms with Crippen LogP contribution in [-0.4, -0.2) is 22.4 Å². The van der Waals surface area contributed by atoms with Gasteiger partial charge in [0.1, 0.15) is 0 Å². The maximum atomic E-state index is 11.9. The number of carboxylic acid groups (broad SMARTS) is 1. The van der Waals surface area contributed by atoms with Gasteiger partial charge in [-0.15, -0.1) is 13.2 Å². The van der Waals surface area contributed by atoms with E-state index >= 15 is 0 Å². The Kier molecular flexibility index (Phi) is 3.13. The lowest BCUT2D eigenvalue weighted by Gasteiger charge is -2.11. The Labute approximate surface area is 90.4 Å². The number of hydrogen-bond donors (Lipinski definition) is 2. The van der Waals surface area contributed by atoms with E-state index in [1.165, 1.54) is 0 Å². The molecule has 88 valence electrons. The van der Waals surface area contributed by atoms with Gasteiger partial charge in [-0.25, -0.2) is 4.79 Å². The lowest BCUT2D eigenvalue weighted by Crippen LogP contribution is -2.22. The van der Waals surface area contributed by atoms with Crippen molar-refractivity contribution in [3.05, 3.63) is 27.1 Å². The van der Waals surface area contributed by atoms with E-state index in [-0.39, 0.29) is 0 Å². The molecule has 1 aromatic rings. The first-order valence-corrected chi connectivity index (χ1v) is 4.00. The van der Waals surface area contributed by atoms with Crippen LogP contribution in [0.1, 0.15) is 10.5 Å². The van der Waals surface area contributed by atoms with E-state index in [1.54, 1.807) is 4.98 Å². The molecule has 1 rings (SSSR count). The molecule has 0 amide bonds. The summed E-state index contributed by atoms with van der Waals surface area (Å²) in [6, 6.07) is 0.578. The van der Waals surface area contributed by atoms with E-state index in [1.807, 2.05) is 0 Å². The van der Waals surface area contributed by atoms with Gasteiger partial charge in [0.2, 0.25) is 5.56 Å². The lowest BCUT2D eigenvalue weighted by atomic mass is 10.3. The molecular weight excluding hydrogens is 255 g/mol. The second kappa shape index (κ2) is 4.05. The number of aromatic carboxylic acids is 1. The summed E-state index contributed by atoms with van der Waals surface area (Å²) < 4.78 is 39.1. The van der Waals surface area contributed by atoms with Crippen LogP contribution in [0.3, 0.4) is 0 Å².